The summed E-state index contributed by atoms with van der Waals surface area (Å²) in [6.07, 6.45) is 7.45. The van der Waals surface area contributed by atoms with Crippen LogP contribution in [0.2, 0.25) is 0 Å². The molecule has 2 heteroatoms. The maximum atomic E-state index is 5.31. The molecule has 0 aromatic heterocycles. The van der Waals surface area contributed by atoms with E-state index in [0.29, 0.717) is 12.1 Å². The molecule has 86 valence electrons. The fraction of sp³-hybridized carbons (Fsp3) is 0.846. The van der Waals surface area contributed by atoms with Gasteiger partial charge in [0.15, 0.2) is 0 Å². The van der Waals surface area contributed by atoms with Crippen molar-refractivity contribution < 1.29 is 0 Å². The molecule has 2 atom stereocenters. The molecule has 2 unspecified atom stereocenters. The Hall–Kier alpha value is -0.520. The minimum Gasteiger partial charge on any atom is -0.311 e. The van der Waals surface area contributed by atoms with E-state index < -0.39 is 0 Å². The van der Waals surface area contributed by atoms with Gasteiger partial charge >= 0.3 is 0 Å². The summed E-state index contributed by atoms with van der Waals surface area (Å²) >= 11 is 0. The fourth-order valence-electron chi connectivity index (χ4n) is 2.24. The monoisotopic (exact) mass is 208 g/mol. The summed E-state index contributed by atoms with van der Waals surface area (Å²) in [6.45, 7) is 10.1. The zero-order valence-corrected chi connectivity index (χ0v) is 10.3. The summed E-state index contributed by atoms with van der Waals surface area (Å²) in [5.74, 6) is 3.50. The van der Waals surface area contributed by atoms with E-state index in [9.17, 15) is 0 Å². The molecule has 1 heterocycles. The first-order chi connectivity index (χ1) is 7.13. The highest BCUT2D eigenvalue weighted by atomic mass is 15.2. The minimum atomic E-state index is 0.627. The second-order valence-corrected chi connectivity index (χ2v) is 5.03. The van der Waals surface area contributed by atoms with E-state index in [1.54, 1.807) is 0 Å². The summed E-state index contributed by atoms with van der Waals surface area (Å²) in [5, 5.41) is 3.61. The quantitative estimate of drug-likeness (QED) is 0.708. The van der Waals surface area contributed by atoms with Gasteiger partial charge in [-0.3, -0.25) is 4.90 Å². The van der Waals surface area contributed by atoms with Gasteiger partial charge in [0.25, 0.3) is 0 Å². The van der Waals surface area contributed by atoms with Crippen molar-refractivity contribution in [3.05, 3.63) is 0 Å². The Labute approximate surface area is 94.4 Å². The van der Waals surface area contributed by atoms with Crippen LogP contribution in [0, 0.1) is 18.3 Å². The van der Waals surface area contributed by atoms with Crippen LogP contribution in [0.25, 0.3) is 0 Å². The SMILES string of the molecule is C#CCCN1CC(CC(C)C)NCC1C. The summed E-state index contributed by atoms with van der Waals surface area (Å²) in [5.41, 5.74) is 0. The molecule has 1 fully saturated rings. The van der Waals surface area contributed by atoms with Gasteiger partial charge in [-0.25, -0.2) is 0 Å². The zero-order chi connectivity index (χ0) is 11.3. The average molecular weight is 208 g/mol. The van der Waals surface area contributed by atoms with Crippen LogP contribution in [-0.2, 0) is 0 Å². The van der Waals surface area contributed by atoms with E-state index in [0.717, 1.165) is 32.0 Å². The van der Waals surface area contributed by atoms with Crippen molar-refractivity contribution >= 4 is 0 Å². The van der Waals surface area contributed by atoms with Gasteiger partial charge in [-0.1, -0.05) is 13.8 Å². The predicted molar refractivity (Wildman–Crippen MR) is 65.7 cm³/mol. The summed E-state index contributed by atoms with van der Waals surface area (Å²) < 4.78 is 0. The van der Waals surface area contributed by atoms with Gasteiger partial charge in [0.05, 0.1) is 0 Å². The third-order valence-electron chi connectivity index (χ3n) is 3.08. The Kier molecular flexibility index (Phi) is 5.14. The smallest absolute Gasteiger partial charge is 0.0214 e. The second kappa shape index (κ2) is 6.15. The first-order valence-corrected chi connectivity index (χ1v) is 6.04. The Morgan fingerprint density at radius 2 is 2.27 bits per heavy atom. The molecule has 0 aromatic carbocycles. The van der Waals surface area contributed by atoms with Gasteiger partial charge in [-0.15, -0.1) is 12.3 Å². The maximum absolute atomic E-state index is 5.31. The van der Waals surface area contributed by atoms with Crippen LogP contribution in [0.15, 0.2) is 0 Å². The van der Waals surface area contributed by atoms with Crippen molar-refractivity contribution in [2.75, 3.05) is 19.6 Å². The van der Waals surface area contributed by atoms with Crippen LogP contribution in [0.1, 0.15) is 33.6 Å². The standard InChI is InChI=1S/C13H24N2/c1-5-6-7-15-10-13(8-11(2)3)14-9-12(15)4/h1,11-14H,6-10H2,2-4H3. The Morgan fingerprint density at radius 3 is 2.87 bits per heavy atom. The normalized spacial score (nSPS) is 27.9. The van der Waals surface area contributed by atoms with Crippen LogP contribution < -0.4 is 5.32 Å². The minimum absolute atomic E-state index is 0.627. The molecule has 2 nitrogen and oxygen atoms in total. The molecule has 15 heavy (non-hydrogen) atoms. The van der Waals surface area contributed by atoms with Crippen LogP contribution in [0.4, 0.5) is 0 Å². The number of rotatable bonds is 4. The zero-order valence-electron chi connectivity index (χ0n) is 10.3. The molecule has 0 amide bonds. The Morgan fingerprint density at radius 1 is 1.53 bits per heavy atom. The largest absolute Gasteiger partial charge is 0.311 e. The van der Waals surface area contributed by atoms with Crippen molar-refractivity contribution in [3.63, 3.8) is 0 Å². The molecule has 0 spiro atoms. The number of nitrogens with one attached hydrogen (secondary N) is 1. The lowest BCUT2D eigenvalue weighted by Crippen LogP contribution is -2.55. The van der Waals surface area contributed by atoms with Crippen LogP contribution in [0.5, 0.6) is 0 Å². The van der Waals surface area contributed by atoms with Crippen molar-refractivity contribution in [2.24, 2.45) is 5.92 Å². The lowest BCUT2D eigenvalue weighted by molar-refractivity contribution is 0.135. The molecule has 0 bridgehead atoms. The van der Waals surface area contributed by atoms with Crippen LogP contribution in [-0.4, -0.2) is 36.6 Å². The summed E-state index contributed by atoms with van der Waals surface area (Å²) in [6, 6.07) is 1.28. The van der Waals surface area contributed by atoms with Crippen molar-refractivity contribution in [1.82, 2.24) is 10.2 Å². The maximum Gasteiger partial charge on any atom is 0.0214 e. The first kappa shape index (κ1) is 12.5. The van der Waals surface area contributed by atoms with Crippen LogP contribution >= 0.6 is 0 Å². The van der Waals surface area contributed by atoms with Gasteiger partial charge in [0, 0.05) is 38.1 Å². The Bertz CT molecular complexity index is 217. The van der Waals surface area contributed by atoms with E-state index in [1.165, 1.54) is 6.42 Å². The first-order valence-electron chi connectivity index (χ1n) is 6.04. The lowest BCUT2D eigenvalue weighted by atomic mass is 10.00. The molecule has 1 N–H and O–H groups in total. The highest BCUT2D eigenvalue weighted by molar-refractivity contribution is 4.89. The number of piperazine rings is 1. The molecule has 0 saturated carbocycles. The molecule has 0 aromatic rings. The topological polar surface area (TPSA) is 15.3 Å². The third kappa shape index (κ3) is 4.24. The van der Waals surface area contributed by atoms with Gasteiger partial charge in [0.1, 0.15) is 0 Å². The van der Waals surface area contributed by atoms with E-state index in [1.807, 2.05) is 0 Å². The van der Waals surface area contributed by atoms with E-state index in [2.05, 4.69) is 36.9 Å². The molecule has 0 radical (unpaired) electrons. The van der Waals surface area contributed by atoms with Crippen molar-refractivity contribution in [3.8, 4) is 12.3 Å². The predicted octanol–water partition coefficient (Wildman–Crippen LogP) is 1.72. The van der Waals surface area contributed by atoms with Gasteiger partial charge in [-0.05, 0) is 19.3 Å². The third-order valence-corrected chi connectivity index (χ3v) is 3.08. The second-order valence-electron chi connectivity index (χ2n) is 5.03. The van der Waals surface area contributed by atoms with E-state index in [-0.39, 0.29) is 0 Å². The number of hydrogen-bond donors (Lipinski definition) is 1. The number of terminal acetylenes is 1. The number of hydrogen-bond acceptors (Lipinski definition) is 2. The van der Waals surface area contributed by atoms with E-state index >= 15 is 0 Å². The summed E-state index contributed by atoms with van der Waals surface area (Å²) in [7, 11) is 0. The highest BCUT2D eigenvalue weighted by Crippen LogP contribution is 2.13. The fourth-order valence-corrected chi connectivity index (χ4v) is 2.24. The van der Waals surface area contributed by atoms with Crippen molar-refractivity contribution in [2.45, 2.75) is 45.7 Å². The Balaban J connectivity index is 2.38. The molecular weight excluding hydrogens is 184 g/mol. The van der Waals surface area contributed by atoms with Gasteiger partial charge in [0.2, 0.25) is 0 Å². The molecular formula is C13H24N2. The van der Waals surface area contributed by atoms with Crippen molar-refractivity contribution in [1.29, 1.82) is 0 Å². The van der Waals surface area contributed by atoms with E-state index in [4.69, 9.17) is 6.42 Å². The highest BCUT2D eigenvalue weighted by Gasteiger charge is 2.24. The van der Waals surface area contributed by atoms with Crippen LogP contribution in [0.3, 0.4) is 0 Å². The summed E-state index contributed by atoms with van der Waals surface area (Å²) in [4.78, 5) is 2.52. The molecule has 1 saturated heterocycles. The average Bonchev–Trinajstić information content (AvgIpc) is 2.18. The van der Waals surface area contributed by atoms with Gasteiger partial charge < -0.3 is 5.32 Å². The molecule has 1 aliphatic rings. The molecule has 1 rings (SSSR count). The lowest BCUT2D eigenvalue weighted by Gasteiger charge is -2.39. The molecule has 0 aliphatic carbocycles. The van der Waals surface area contributed by atoms with Gasteiger partial charge in [-0.2, -0.15) is 0 Å². The molecule has 1 aliphatic heterocycles. The number of nitrogens with zero attached hydrogens (tertiary/aromatic N) is 1.